The topological polar surface area (TPSA) is 57.5 Å². The van der Waals surface area contributed by atoms with Crippen LogP contribution in [0.25, 0.3) is 0 Å². The molecular formula is C20H30O3. The van der Waals surface area contributed by atoms with Crippen molar-refractivity contribution < 1.29 is 15.0 Å². The van der Waals surface area contributed by atoms with Crippen LogP contribution in [-0.2, 0) is 4.79 Å². The molecule has 7 atom stereocenters. The molecule has 0 aliphatic heterocycles. The molecule has 2 N–H and O–H groups in total. The van der Waals surface area contributed by atoms with Crippen LogP contribution in [0.3, 0.4) is 0 Å². The molecule has 23 heavy (non-hydrogen) atoms. The molecule has 4 rings (SSSR count). The Morgan fingerprint density at radius 2 is 1.87 bits per heavy atom. The summed E-state index contributed by atoms with van der Waals surface area (Å²) in [6.07, 6.45) is 7.86. The Labute approximate surface area is 139 Å². The summed E-state index contributed by atoms with van der Waals surface area (Å²) < 4.78 is 0. The first kappa shape index (κ1) is 15.7. The highest BCUT2D eigenvalue weighted by molar-refractivity contribution is 5.75. The first-order valence-corrected chi connectivity index (χ1v) is 9.36. The van der Waals surface area contributed by atoms with E-state index in [1.807, 2.05) is 6.92 Å². The lowest BCUT2D eigenvalue weighted by atomic mass is 9.40. The highest BCUT2D eigenvalue weighted by atomic mass is 16.4. The second-order valence-corrected chi connectivity index (χ2v) is 9.41. The fourth-order valence-electron chi connectivity index (χ4n) is 7.62. The number of rotatable bonds is 1. The molecule has 0 amide bonds. The van der Waals surface area contributed by atoms with E-state index in [2.05, 4.69) is 13.5 Å². The van der Waals surface area contributed by atoms with E-state index in [1.165, 1.54) is 0 Å². The molecule has 4 saturated carbocycles. The van der Waals surface area contributed by atoms with Gasteiger partial charge >= 0.3 is 5.97 Å². The number of hydrogen-bond acceptors (Lipinski definition) is 2. The van der Waals surface area contributed by atoms with Crippen molar-refractivity contribution in [3.05, 3.63) is 12.2 Å². The molecule has 0 aromatic carbocycles. The third-order valence-electron chi connectivity index (χ3n) is 8.70. The summed E-state index contributed by atoms with van der Waals surface area (Å²) in [5.74, 6) is 0.581. The molecule has 4 aliphatic rings. The minimum atomic E-state index is -0.616. The van der Waals surface area contributed by atoms with Crippen LogP contribution in [0.1, 0.15) is 65.2 Å². The SMILES string of the molecule is C=C1[C@@H]2CC[C@H]3[C@]4(C)CCC[C@](C)(C(=O)O)[C@H]4CC[C@]3(C2)[C@H]1O. The molecule has 128 valence electrons. The maximum Gasteiger partial charge on any atom is 0.309 e. The summed E-state index contributed by atoms with van der Waals surface area (Å²) in [6.45, 7) is 8.53. The van der Waals surface area contributed by atoms with E-state index in [-0.39, 0.29) is 22.9 Å². The molecule has 0 radical (unpaired) electrons. The molecular weight excluding hydrogens is 288 g/mol. The molecule has 0 unspecified atom stereocenters. The zero-order chi connectivity index (χ0) is 16.6. The van der Waals surface area contributed by atoms with Crippen LogP contribution in [0.5, 0.6) is 0 Å². The van der Waals surface area contributed by atoms with E-state index in [1.54, 1.807) is 0 Å². The quantitative estimate of drug-likeness (QED) is 0.718. The summed E-state index contributed by atoms with van der Waals surface area (Å²) >= 11 is 0. The van der Waals surface area contributed by atoms with Gasteiger partial charge in [0.25, 0.3) is 0 Å². The average Bonchev–Trinajstić information content (AvgIpc) is 2.68. The summed E-state index contributed by atoms with van der Waals surface area (Å²) in [5.41, 5.74) is 0.514. The lowest BCUT2D eigenvalue weighted by molar-refractivity contribution is -0.190. The van der Waals surface area contributed by atoms with Gasteiger partial charge in [-0.1, -0.05) is 19.9 Å². The number of carbonyl (C=O) groups is 1. The van der Waals surface area contributed by atoms with Gasteiger partial charge in [-0.05, 0) is 80.6 Å². The Hall–Kier alpha value is -0.830. The van der Waals surface area contributed by atoms with Crippen LogP contribution in [0.4, 0.5) is 0 Å². The lowest BCUT2D eigenvalue weighted by Crippen LogP contribution is -2.60. The average molecular weight is 318 g/mol. The van der Waals surface area contributed by atoms with Crippen LogP contribution < -0.4 is 0 Å². The van der Waals surface area contributed by atoms with Crippen molar-refractivity contribution in [1.82, 2.24) is 0 Å². The van der Waals surface area contributed by atoms with Crippen molar-refractivity contribution in [2.24, 2.45) is 34.0 Å². The van der Waals surface area contributed by atoms with Crippen LogP contribution in [-0.4, -0.2) is 22.3 Å². The van der Waals surface area contributed by atoms with Gasteiger partial charge in [0.05, 0.1) is 11.5 Å². The van der Waals surface area contributed by atoms with Crippen molar-refractivity contribution >= 4 is 5.97 Å². The summed E-state index contributed by atoms with van der Waals surface area (Å²) in [5, 5.41) is 20.9. The molecule has 0 heterocycles. The van der Waals surface area contributed by atoms with Crippen molar-refractivity contribution in [3.8, 4) is 0 Å². The predicted octanol–water partition coefficient (Wildman–Crippen LogP) is 4.01. The Morgan fingerprint density at radius 3 is 2.57 bits per heavy atom. The minimum Gasteiger partial charge on any atom is -0.481 e. The Balaban J connectivity index is 1.78. The van der Waals surface area contributed by atoms with Crippen LogP contribution in [0, 0.1) is 34.0 Å². The van der Waals surface area contributed by atoms with Crippen molar-refractivity contribution in [2.75, 3.05) is 0 Å². The van der Waals surface area contributed by atoms with Gasteiger partial charge in [0, 0.05) is 5.41 Å². The molecule has 1 spiro atoms. The van der Waals surface area contributed by atoms with Gasteiger partial charge in [-0.3, -0.25) is 4.79 Å². The van der Waals surface area contributed by atoms with E-state index in [4.69, 9.17) is 0 Å². The zero-order valence-electron chi connectivity index (χ0n) is 14.5. The van der Waals surface area contributed by atoms with E-state index < -0.39 is 11.4 Å². The van der Waals surface area contributed by atoms with Crippen LogP contribution in [0.15, 0.2) is 12.2 Å². The number of carboxylic acid groups (broad SMARTS) is 1. The van der Waals surface area contributed by atoms with Gasteiger partial charge in [0.1, 0.15) is 0 Å². The maximum absolute atomic E-state index is 12.0. The normalized spacial score (nSPS) is 55.2. The highest BCUT2D eigenvalue weighted by Crippen LogP contribution is 2.72. The lowest BCUT2D eigenvalue weighted by Gasteiger charge is -2.63. The van der Waals surface area contributed by atoms with Crippen LogP contribution in [0.2, 0.25) is 0 Å². The molecule has 4 aliphatic carbocycles. The van der Waals surface area contributed by atoms with Gasteiger partial charge in [-0.25, -0.2) is 0 Å². The van der Waals surface area contributed by atoms with Crippen LogP contribution >= 0.6 is 0 Å². The van der Waals surface area contributed by atoms with Gasteiger partial charge < -0.3 is 10.2 Å². The second-order valence-electron chi connectivity index (χ2n) is 9.41. The monoisotopic (exact) mass is 318 g/mol. The number of carboxylic acids is 1. The largest absolute Gasteiger partial charge is 0.481 e. The number of fused-ring (bicyclic) bond motifs is 3. The maximum atomic E-state index is 12.0. The van der Waals surface area contributed by atoms with Crippen molar-refractivity contribution in [3.63, 3.8) is 0 Å². The Kier molecular flexibility index (Phi) is 3.15. The fraction of sp³-hybridized carbons (Fsp3) is 0.850. The predicted molar refractivity (Wildman–Crippen MR) is 88.8 cm³/mol. The summed E-state index contributed by atoms with van der Waals surface area (Å²) in [4.78, 5) is 12.0. The van der Waals surface area contributed by atoms with Crippen molar-refractivity contribution in [1.29, 1.82) is 0 Å². The molecule has 0 saturated heterocycles. The first-order chi connectivity index (χ1) is 10.8. The zero-order valence-corrected chi connectivity index (χ0v) is 14.5. The van der Waals surface area contributed by atoms with Gasteiger partial charge in [-0.15, -0.1) is 0 Å². The van der Waals surface area contributed by atoms with E-state index in [0.29, 0.717) is 11.8 Å². The van der Waals surface area contributed by atoms with Gasteiger partial charge in [0.2, 0.25) is 0 Å². The molecule has 0 aromatic heterocycles. The minimum absolute atomic E-state index is 0.0119. The van der Waals surface area contributed by atoms with E-state index in [9.17, 15) is 15.0 Å². The van der Waals surface area contributed by atoms with E-state index >= 15 is 0 Å². The number of aliphatic hydroxyl groups excluding tert-OH is 1. The number of hydrogen-bond donors (Lipinski definition) is 2. The van der Waals surface area contributed by atoms with E-state index in [0.717, 1.165) is 56.9 Å². The third-order valence-corrected chi connectivity index (χ3v) is 8.70. The van der Waals surface area contributed by atoms with Gasteiger partial charge in [-0.2, -0.15) is 0 Å². The number of aliphatic carboxylic acids is 1. The summed E-state index contributed by atoms with van der Waals surface area (Å²) in [7, 11) is 0. The van der Waals surface area contributed by atoms with Gasteiger partial charge in [0.15, 0.2) is 0 Å². The standard InChI is InChI=1S/C20H30O3/c1-12-13-5-6-15-18(2)8-4-9-19(3,17(22)23)14(18)7-10-20(15,11-13)16(12)21/h13-16,21H,1,4-11H2,2-3H3,(H,22,23)/t13-,14+,15+,16+,18-,19+,20-/m1/s1. The first-order valence-electron chi connectivity index (χ1n) is 9.36. The Bertz CT molecular complexity index is 569. The molecule has 2 bridgehead atoms. The van der Waals surface area contributed by atoms with Crippen molar-refractivity contribution in [2.45, 2.75) is 71.3 Å². The molecule has 0 aromatic rings. The summed E-state index contributed by atoms with van der Waals surface area (Å²) in [6, 6.07) is 0. The Morgan fingerprint density at radius 1 is 1.13 bits per heavy atom. The molecule has 3 nitrogen and oxygen atoms in total. The molecule has 4 fully saturated rings. The number of aliphatic hydroxyl groups is 1. The third kappa shape index (κ3) is 1.72. The smallest absolute Gasteiger partial charge is 0.309 e. The highest BCUT2D eigenvalue weighted by Gasteiger charge is 2.67. The fourth-order valence-corrected chi connectivity index (χ4v) is 7.62. The molecule has 3 heteroatoms. The second kappa shape index (κ2) is 4.62.